The summed E-state index contributed by atoms with van der Waals surface area (Å²) in [5.74, 6) is -0.284. The molecule has 0 radical (unpaired) electrons. The Morgan fingerprint density at radius 2 is 2.03 bits per heavy atom. The van der Waals surface area contributed by atoms with Crippen LogP contribution in [0, 0.1) is 6.92 Å². The number of aromatic nitrogens is 2. The van der Waals surface area contributed by atoms with Crippen LogP contribution in [-0.2, 0) is 0 Å². The van der Waals surface area contributed by atoms with E-state index in [0.29, 0.717) is 45.9 Å². The molecule has 0 saturated carbocycles. The SMILES string of the molecule is C=C/C(=C\NCCC)c1ccc(C(=O)NC=Nc2cc3[nH]c(=O)c(C)nc3cc2NCCC(C)(C)O)s1. The van der Waals surface area contributed by atoms with Gasteiger partial charge in [-0.05, 0) is 57.9 Å². The zero-order valence-electron chi connectivity index (χ0n) is 21.6. The van der Waals surface area contributed by atoms with Crippen molar-refractivity contribution in [3.63, 3.8) is 0 Å². The number of hydrogen-bond acceptors (Lipinski definition) is 8. The summed E-state index contributed by atoms with van der Waals surface area (Å²) in [7, 11) is 0. The fraction of sp³-hybridized carbons (Fsp3) is 0.333. The molecule has 10 heteroatoms. The summed E-state index contributed by atoms with van der Waals surface area (Å²) in [4.78, 5) is 37.8. The van der Waals surface area contributed by atoms with E-state index in [1.54, 1.807) is 45.0 Å². The van der Waals surface area contributed by atoms with Crippen LogP contribution in [0.5, 0.6) is 0 Å². The third kappa shape index (κ3) is 7.86. The molecule has 2 heterocycles. The minimum absolute atomic E-state index is 0.273. The number of hydrogen-bond donors (Lipinski definition) is 5. The van der Waals surface area contributed by atoms with Gasteiger partial charge in [0.15, 0.2) is 0 Å². The van der Waals surface area contributed by atoms with Gasteiger partial charge in [0.05, 0.1) is 39.2 Å². The quantitative estimate of drug-likeness (QED) is 0.103. The van der Waals surface area contributed by atoms with Crippen molar-refractivity contribution >= 4 is 51.6 Å². The van der Waals surface area contributed by atoms with Crippen molar-refractivity contribution in [2.75, 3.05) is 18.4 Å². The number of thiophene rings is 1. The van der Waals surface area contributed by atoms with Crippen LogP contribution >= 0.6 is 11.3 Å². The second kappa shape index (κ2) is 12.5. The summed E-state index contributed by atoms with van der Waals surface area (Å²) in [5.41, 5.74) is 2.50. The van der Waals surface area contributed by atoms with Crippen LogP contribution in [0.2, 0.25) is 0 Å². The van der Waals surface area contributed by atoms with Crippen molar-refractivity contribution in [2.24, 2.45) is 4.99 Å². The lowest BCUT2D eigenvalue weighted by Crippen LogP contribution is -2.22. The first kappa shape index (κ1) is 27.8. The molecule has 0 fully saturated rings. The van der Waals surface area contributed by atoms with Crippen LogP contribution in [0.25, 0.3) is 16.6 Å². The van der Waals surface area contributed by atoms with Crippen molar-refractivity contribution in [1.29, 1.82) is 0 Å². The maximum atomic E-state index is 12.7. The number of aryl methyl sites for hydroxylation is 1. The molecule has 196 valence electrons. The fourth-order valence-corrected chi connectivity index (χ4v) is 4.29. The molecule has 0 aliphatic heterocycles. The average Bonchev–Trinajstić information content (AvgIpc) is 3.32. The summed E-state index contributed by atoms with van der Waals surface area (Å²) in [6.07, 6.45) is 6.51. The molecule has 1 amide bonds. The van der Waals surface area contributed by atoms with E-state index in [1.165, 1.54) is 17.7 Å². The Balaban J connectivity index is 1.79. The number of H-pyrrole nitrogens is 1. The number of carbonyl (C=O) groups excluding carboxylic acids is 1. The molecule has 0 saturated heterocycles. The number of anilines is 1. The maximum absolute atomic E-state index is 12.7. The smallest absolute Gasteiger partial charge is 0.269 e. The summed E-state index contributed by atoms with van der Waals surface area (Å²) in [5, 5.41) is 19.2. The number of aliphatic hydroxyl groups is 1. The van der Waals surface area contributed by atoms with E-state index < -0.39 is 5.60 Å². The van der Waals surface area contributed by atoms with Crippen LogP contribution in [0.4, 0.5) is 11.4 Å². The second-order valence-corrected chi connectivity index (χ2v) is 10.3. The van der Waals surface area contributed by atoms with Gasteiger partial charge in [0.25, 0.3) is 11.5 Å². The molecular weight excluding hydrogens is 488 g/mol. The maximum Gasteiger partial charge on any atom is 0.269 e. The van der Waals surface area contributed by atoms with E-state index in [4.69, 9.17) is 0 Å². The van der Waals surface area contributed by atoms with Crippen molar-refractivity contribution in [3.8, 4) is 0 Å². The average molecular weight is 523 g/mol. The van der Waals surface area contributed by atoms with E-state index in [1.807, 2.05) is 12.3 Å². The van der Waals surface area contributed by atoms with Crippen LogP contribution in [0.3, 0.4) is 0 Å². The lowest BCUT2D eigenvalue weighted by molar-refractivity contribution is 0.0748. The molecule has 2 aromatic heterocycles. The molecule has 3 rings (SSSR count). The zero-order valence-corrected chi connectivity index (χ0v) is 22.5. The molecule has 9 nitrogen and oxygen atoms in total. The van der Waals surface area contributed by atoms with Crippen molar-refractivity contribution < 1.29 is 9.90 Å². The second-order valence-electron chi connectivity index (χ2n) is 9.18. The molecule has 0 bridgehead atoms. The highest BCUT2D eigenvalue weighted by Gasteiger charge is 2.14. The molecule has 37 heavy (non-hydrogen) atoms. The first-order chi connectivity index (χ1) is 17.6. The Kier molecular flexibility index (Phi) is 9.37. The molecule has 0 aliphatic rings. The largest absolute Gasteiger partial charge is 0.390 e. The van der Waals surface area contributed by atoms with Gasteiger partial charge in [-0.25, -0.2) is 9.98 Å². The molecule has 0 atom stereocenters. The number of rotatable bonds is 12. The number of benzene rings is 1. The number of nitrogens with zero attached hydrogens (tertiary/aromatic N) is 2. The third-order valence-corrected chi connectivity index (χ3v) is 6.55. The van der Waals surface area contributed by atoms with Gasteiger partial charge in [0.1, 0.15) is 5.69 Å². The number of nitrogens with one attached hydrogen (secondary N) is 4. The van der Waals surface area contributed by atoms with Crippen LogP contribution in [0.1, 0.15) is 53.9 Å². The van der Waals surface area contributed by atoms with E-state index >= 15 is 0 Å². The first-order valence-electron chi connectivity index (χ1n) is 12.1. The van der Waals surface area contributed by atoms with E-state index in [2.05, 4.69) is 44.4 Å². The highest BCUT2D eigenvalue weighted by Crippen LogP contribution is 2.29. The highest BCUT2D eigenvalue weighted by atomic mass is 32.1. The number of amides is 1. The van der Waals surface area contributed by atoms with Crippen molar-refractivity contribution in [1.82, 2.24) is 20.6 Å². The fourth-order valence-electron chi connectivity index (χ4n) is 3.37. The van der Waals surface area contributed by atoms with Gasteiger partial charge >= 0.3 is 0 Å². The number of fused-ring (bicyclic) bond motifs is 1. The van der Waals surface area contributed by atoms with Gasteiger partial charge in [0, 0.05) is 29.7 Å². The topological polar surface area (TPSA) is 132 Å². The third-order valence-electron chi connectivity index (χ3n) is 5.42. The monoisotopic (exact) mass is 522 g/mol. The Morgan fingerprint density at radius 1 is 1.27 bits per heavy atom. The Hall–Kier alpha value is -3.76. The van der Waals surface area contributed by atoms with Crippen molar-refractivity contribution in [2.45, 2.75) is 46.1 Å². The summed E-state index contributed by atoms with van der Waals surface area (Å²) >= 11 is 1.36. The highest BCUT2D eigenvalue weighted by molar-refractivity contribution is 7.15. The normalized spacial score (nSPS) is 12.2. The van der Waals surface area contributed by atoms with Gasteiger partial charge in [-0.3, -0.25) is 9.59 Å². The lowest BCUT2D eigenvalue weighted by Gasteiger charge is -2.18. The van der Waals surface area contributed by atoms with Crippen LogP contribution in [-0.4, -0.2) is 46.0 Å². The molecule has 1 aromatic carbocycles. The zero-order chi connectivity index (χ0) is 27.0. The van der Waals surface area contributed by atoms with Gasteiger partial charge < -0.3 is 26.0 Å². The Labute approximate surface area is 220 Å². The standard InChI is InChI=1S/C27H34N6O3S/c1-6-11-28-15-18(7-2)23-8-9-24(37-23)26(35)31-16-30-20-14-22-21(32-17(3)25(34)33-22)13-19(20)29-12-10-27(4,5)36/h7-9,13-16,28-29,36H,2,6,10-12H2,1,3-5H3,(H,33,34)(H,30,31,35)/b18-15+. The molecule has 3 aromatic rings. The van der Waals surface area contributed by atoms with E-state index in [-0.39, 0.29) is 11.5 Å². The predicted octanol–water partition coefficient (Wildman–Crippen LogP) is 4.48. The molecule has 0 spiro atoms. The summed E-state index contributed by atoms with van der Waals surface area (Å²) in [6, 6.07) is 7.14. The van der Waals surface area contributed by atoms with E-state index in [9.17, 15) is 14.7 Å². The minimum atomic E-state index is -0.826. The predicted molar refractivity (Wildman–Crippen MR) is 153 cm³/mol. The molecule has 0 unspecified atom stereocenters. The minimum Gasteiger partial charge on any atom is -0.390 e. The van der Waals surface area contributed by atoms with Gasteiger partial charge in [-0.2, -0.15) is 0 Å². The Morgan fingerprint density at radius 3 is 2.73 bits per heavy atom. The molecule has 0 aliphatic carbocycles. The lowest BCUT2D eigenvalue weighted by atomic mass is 10.1. The van der Waals surface area contributed by atoms with Gasteiger partial charge in [0.2, 0.25) is 0 Å². The van der Waals surface area contributed by atoms with E-state index in [0.717, 1.165) is 23.4 Å². The van der Waals surface area contributed by atoms with Gasteiger partial charge in [-0.15, -0.1) is 11.3 Å². The number of allylic oxidation sites excluding steroid dienone is 2. The Bertz CT molecular complexity index is 1380. The van der Waals surface area contributed by atoms with Crippen LogP contribution < -0.4 is 21.5 Å². The first-order valence-corrected chi connectivity index (χ1v) is 12.9. The van der Waals surface area contributed by atoms with Gasteiger partial charge in [-0.1, -0.05) is 19.6 Å². The summed E-state index contributed by atoms with van der Waals surface area (Å²) in [6.45, 7) is 12.4. The number of aromatic amines is 1. The summed E-state index contributed by atoms with van der Waals surface area (Å²) < 4.78 is 0. The molecular formula is C27H34N6O3S. The number of carbonyl (C=O) groups is 1. The van der Waals surface area contributed by atoms with Crippen molar-refractivity contribution in [3.05, 3.63) is 68.9 Å². The number of aliphatic imine (C=N–C) groups is 1. The molecule has 5 N–H and O–H groups in total. The van der Waals surface area contributed by atoms with Crippen LogP contribution in [0.15, 0.2) is 52.9 Å².